The number of phenolic OH excluding ortho intramolecular Hbond substituents is 1. The zero-order valence-corrected chi connectivity index (χ0v) is 14.8. The Labute approximate surface area is 142 Å². The van der Waals surface area contributed by atoms with Crippen LogP contribution in [0.25, 0.3) is 10.8 Å². The van der Waals surface area contributed by atoms with Crippen LogP contribution in [0.3, 0.4) is 0 Å². The molecule has 2 saturated heterocycles. The molecule has 128 valence electrons. The minimum Gasteiger partial charge on any atom is -0.507 e. The van der Waals surface area contributed by atoms with Crippen LogP contribution in [-0.4, -0.2) is 17.3 Å². The molecule has 2 heterocycles. The number of benzene rings is 2. The minimum absolute atomic E-state index is 0.216. The SMILES string of the molecule is CC(C)(C)C12OOC1(c1cc(O)c3ccccc3c1)OCC2(C)C. The van der Waals surface area contributed by atoms with Crippen LogP contribution in [0.5, 0.6) is 5.75 Å². The van der Waals surface area contributed by atoms with Gasteiger partial charge in [0.15, 0.2) is 5.60 Å². The maximum absolute atomic E-state index is 10.5. The Balaban J connectivity index is 1.96. The van der Waals surface area contributed by atoms with Gasteiger partial charge in [0, 0.05) is 21.8 Å². The first-order valence-electron chi connectivity index (χ1n) is 8.38. The molecule has 4 heteroatoms. The van der Waals surface area contributed by atoms with Crippen LogP contribution in [-0.2, 0) is 20.3 Å². The van der Waals surface area contributed by atoms with Gasteiger partial charge in [-0.2, -0.15) is 4.89 Å². The van der Waals surface area contributed by atoms with Gasteiger partial charge < -0.3 is 9.84 Å². The van der Waals surface area contributed by atoms with Crippen molar-refractivity contribution in [3.05, 3.63) is 42.0 Å². The second kappa shape index (κ2) is 4.51. The number of hydrogen-bond acceptors (Lipinski definition) is 4. The molecule has 2 fully saturated rings. The van der Waals surface area contributed by atoms with Crippen LogP contribution in [0, 0.1) is 10.8 Å². The third-order valence-electron chi connectivity index (χ3n) is 5.61. The molecule has 0 radical (unpaired) electrons. The van der Waals surface area contributed by atoms with Gasteiger partial charge in [0.25, 0.3) is 5.79 Å². The fraction of sp³-hybridized carbons (Fsp3) is 0.500. The van der Waals surface area contributed by atoms with Crippen LogP contribution in [0.1, 0.15) is 40.2 Å². The second-order valence-corrected chi connectivity index (χ2v) is 8.60. The lowest BCUT2D eigenvalue weighted by molar-refractivity contribution is -0.626. The van der Waals surface area contributed by atoms with Crippen molar-refractivity contribution >= 4 is 10.8 Å². The van der Waals surface area contributed by atoms with Crippen LogP contribution >= 0.6 is 0 Å². The summed E-state index contributed by atoms with van der Waals surface area (Å²) in [4.78, 5) is 11.5. The fourth-order valence-corrected chi connectivity index (χ4v) is 4.72. The van der Waals surface area contributed by atoms with Gasteiger partial charge in [-0.1, -0.05) is 58.9 Å². The highest BCUT2D eigenvalue weighted by atomic mass is 17.3. The highest BCUT2D eigenvalue weighted by Gasteiger charge is 2.81. The first-order valence-corrected chi connectivity index (χ1v) is 8.38. The van der Waals surface area contributed by atoms with E-state index in [2.05, 4.69) is 34.6 Å². The molecular formula is C20H24O4. The van der Waals surface area contributed by atoms with E-state index in [4.69, 9.17) is 14.5 Å². The molecule has 0 bridgehead atoms. The predicted molar refractivity (Wildman–Crippen MR) is 91.4 cm³/mol. The average Bonchev–Trinajstić information content (AvgIpc) is 2.61. The van der Waals surface area contributed by atoms with E-state index in [1.165, 1.54) is 0 Å². The molecule has 2 aromatic rings. The molecule has 2 aromatic carbocycles. The highest BCUT2D eigenvalue weighted by Crippen LogP contribution is 2.69. The molecule has 0 amide bonds. The smallest absolute Gasteiger partial charge is 0.261 e. The highest BCUT2D eigenvalue weighted by molar-refractivity contribution is 5.89. The average molecular weight is 328 g/mol. The summed E-state index contributed by atoms with van der Waals surface area (Å²) in [7, 11) is 0. The van der Waals surface area contributed by atoms with E-state index in [-0.39, 0.29) is 16.6 Å². The summed E-state index contributed by atoms with van der Waals surface area (Å²) in [5, 5.41) is 12.3. The number of aromatic hydroxyl groups is 1. The lowest BCUT2D eigenvalue weighted by Gasteiger charge is -2.61. The summed E-state index contributed by atoms with van der Waals surface area (Å²) in [5.74, 6) is -0.778. The summed E-state index contributed by atoms with van der Waals surface area (Å²) in [6.07, 6.45) is 0. The van der Waals surface area contributed by atoms with E-state index in [1.807, 2.05) is 30.3 Å². The zero-order chi connectivity index (χ0) is 17.4. The molecule has 0 saturated carbocycles. The standard InChI is InChI=1S/C20H24O4/c1-17(2,3)20-18(4,5)12-22-19(20,23-24-20)14-10-13-8-6-7-9-15(13)16(21)11-14/h6-11,21H,12H2,1-5H3. The molecule has 2 atom stereocenters. The largest absolute Gasteiger partial charge is 0.507 e. The van der Waals surface area contributed by atoms with Crippen molar-refractivity contribution in [1.82, 2.24) is 0 Å². The Morgan fingerprint density at radius 2 is 1.75 bits per heavy atom. The molecule has 0 aromatic heterocycles. The van der Waals surface area contributed by atoms with E-state index < -0.39 is 11.4 Å². The van der Waals surface area contributed by atoms with Crippen molar-refractivity contribution < 1.29 is 19.6 Å². The fourth-order valence-electron chi connectivity index (χ4n) is 4.72. The number of fused-ring (bicyclic) bond motifs is 2. The van der Waals surface area contributed by atoms with Gasteiger partial charge in [0.2, 0.25) is 0 Å². The Bertz CT molecular complexity index is 820. The third-order valence-corrected chi connectivity index (χ3v) is 5.61. The number of ether oxygens (including phenoxy) is 1. The predicted octanol–water partition coefficient (Wildman–Crippen LogP) is 4.50. The van der Waals surface area contributed by atoms with E-state index >= 15 is 0 Å². The Morgan fingerprint density at radius 1 is 1.04 bits per heavy atom. The summed E-state index contributed by atoms with van der Waals surface area (Å²) < 4.78 is 6.22. The van der Waals surface area contributed by atoms with Crippen molar-refractivity contribution in [1.29, 1.82) is 0 Å². The van der Waals surface area contributed by atoms with Gasteiger partial charge in [-0.25, -0.2) is 4.89 Å². The molecule has 2 aliphatic heterocycles. The van der Waals surface area contributed by atoms with E-state index in [9.17, 15) is 5.11 Å². The van der Waals surface area contributed by atoms with E-state index in [0.29, 0.717) is 6.61 Å². The van der Waals surface area contributed by atoms with E-state index in [1.54, 1.807) is 6.07 Å². The lowest BCUT2D eigenvalue weighted by atomic mass is 9.57. The van der Waals surface area contributed by atoms with Crippen LogP contribution in [0.15, 0.2) is 36.4 Å². The van der Waals surface area contributed by atoms with Crippen molar-refractivity contribution in [2.45, 2.75) is 46.0 Å². The van der Waals surface area contributed by atoms with Crippen molar-refractivity contribution in [2.75, 3.05) is 6.61 Å². The van der Waals surface area contributed by atoms with Gasteiger partial charge in [0.1, 0.15) is 5.75 Å². The molecule has 2 unspecified atom stereocenters. The van der Waals surface area contributed by atoms with Crippen LogP contribution < -0.4 is 0 Å². The maximum atomic E-state index is 10.5. The summed E-state index contributed by atoms with van der Waals surface area (Å²) in [6.45, 7) is 11.2. The summed E-state index contributed by atoms with van der Waals surface area (Å²) in [5.41, 5.74) is -0.287. The second-order valence-electron chi connectivity index (χ2n) is 8.60. The summed E-state index contributed by atoms with van der Waals surface area (Å²) in [6, 6.07) is 11.5. The number of phenols is 1. The zero-order valence-electron chi connectivity index (χ0n) is 14.8. The molecular weight excluding hydrogens is 304 g/mol. The normalized spacial score (nSPS) is 31.7. The molecule has 1 N–H and O–H groups in total. The molecule has 4 rings (SSSR count). The topological polar surface area (TPSA) is 47.9 Å². The Morgan fingerprint density at radius 3 is 2.38 bits per heavy atom. The summed E-state index contributed by atoms with van der Waals surface area (Å²) >= 11 is 0. The monoisotopic (exact) mass is 328 g/mol. The number of rotatable bonds is 1. The Kier molecular flexibility index (Phi) is 2.98. The first-order chi connectivity index (χ1) is 11.1. The first kappa shape index (κ1) is 15.9. The van der Waals surface area contributed by atoms with E-state index in [0.717, 1.165) is 16.3 Å². The molecule has 0 spiro atoms. The van der Waals surface area contributed by atoms with Gasteiger partial charge in [-0.3, -0.25) is 0 Å². The third kappa shape index (κ3) is 1.64. The van der Waals surface area contributed by atoms with Gasteiger partial charge in [-0.15, -0.1) is 0 Å². The van der Waals surface area contributed by atoms with Crippen LogP contribution in [0.2, 0.25) is 0 Å². The molecule has 4 nitrogen and oxygen atoms in total. The van der Waals surface area contributed by atoms with Gasteiger partial charge in [-0.05, 0) is 17.5 Å². The quantitative estimate of drug-likeness (QED) is 0.783. The Hall–Kier alpha value is -1.62. The maximum Gasteiger partial charge on any atom is 0.261 e. The molecule has 24 heavy (non-hydrogen) atoms. The van der Waals surface area contributed by atoms with Gasteiger partial charge in [0.05, 0.1) is 6.61 Å². The minimum atomic E-state index is -1.00. The number of hydrogen-bond donors (Lipinski definition) is 1. The molecule has 0 aliphatic carbocycles. The van der Waals surface area contributed by atoms with Gasteiger partial charge >= 0.3 is 0 Å². The van der Waals surface area contributed by atoms with Crippen molar-refractivity contribution in [3.8, 4) is 5.75 Å². The van der Waals surface area contributed by atoms with Crippen molar-refractivity contribution in [3.63, 3.8) is 0 Å². The van der Waals surface area contributed by atoms with Crippen molar-refractivity contribution in [2.24, 2.45) is 10.8 Å². The lowest BCUT2D eigenvalue weighted by Crippen LogP contribution is -2.73. The molecule has 2 aliphatic rings. The van der Waals surface area contributed by atoms with Crippen LogP contribution in [0.4, 0.5) is 0 Å².